The quantitative estimate of drug-likeness (QED) is 0.793. The topological polar surface area (TPSA) is 34.9 Å². The number of nitrogens with zero attached hydrogens (tertiary/aromatic N) is 2. The Labute approximate surface area is 86.4 Å². The molecule has 0 unspecified atom stereocenters. The molecule has 5 heteroatoms. The molecule has 1 rings (SSSR count). The van der Waals surface area contributed by atoms with Gasteiger partial charge in [0.15, 0.2) is 4.60 Å². The molecule has 0 aliphatic heterocycles. The Kier molecular flexibility index (Phi) is 3.22. The van der Waals surface area contributed by atoms with Crippen LogP contribution in [0, 0.1) is 0 Å². The molecule has 0 saturated carbocycles. The summed E-state index contributed by atoms with van der Waals surface area (Å²) in [7, 11) is 1.77. The van der Waals surface area contributed by atoms with Crippen LogP contribution in [0.25, 0.3) is 6.08 Å². The van der Waals surface area contributed by atoms with Gasteiger partial charge in [-0.2, -0.15) is 5.10 Å². The van der Waals surface area contributed by atoms with Gasteiger partial charge in [0.05, 0.1) is 5.69 Å². The van der Waals surface area contributed by atoms with E-state index in [0.29, 0.717) is 4.60 Å². The van der Waals surface area contributed by atoms with Crippen LogP contribution < -0.4 is 5.43 Å². The maximum Gasteiger partial charge on any atom is 0.215 e. The van der Waals surface area contributed by atoms with E-state index in [1.807, 2.05) is 0 Å². The van der Waals surface area contributed by atoms with Gasteiger partial charge in [0.1, 0.15) is 0 Å². The molecular formula is C7H6Br2N2O. The van der Waals surface area contributed by atoms with Crippen molar-refractivity contribution in [1.82, 2.24) is 9.78 Å². The fraction of sp³-hybridized carbons (Fsp3) is 0.143. The van der Waals surface area contributed by atoms with Gasteiger partial charge in [0, 0.05) is 13.1 Å². The number of aromatic nitrogens is 2. The molecule has 3 nitrogen and oxygen atoms in total. The molecular weight excluding hydrogens is 288 g/mol. The summed E-state index contributed by atoms with van der Waals surface area (Å²) in [5, 5.41) is 3.94. The molecule has 0 N–H and O–H groups in total. The zero-order chi connectivity index (χ0) is 9.14. The third-order valence-electron chi connectivity index (χ3n) is 1.33. The molecule has 0 atom stereocenters. The second kappa shape index (κ2) is 4.00. The van der Waals surface area contributed by atoms with Crippen LogP contribution in [0.5, 0.6) is 0 Å². The normalized spacial score (nSPS) is 10.9. The monoisotopic (exact) mass is 292 g/mol. The highest BCUT2D eigenvalue weighted by atomic mass is 79.9. The van der Waals surface area contributed by atoms with E-state index in [-0.39, 0.29) is 5.43 Å². The fourth-order valence-electron chi connectivity index (χ4n) is 0.747. The number of hydrogen-bond donors (Lipinski definition) is 0. The van der Waals surface area contributed by atoms with E-state index < -0.39 is 0 Å². The van der Waals surface area contributed by atoms with E-state index in [0.717, 1.165) is 5.69 Å². The van der Waals surface area contributed by atoms with Gasteiger partial charge in [-0.15, -0.1) is 0 Å². The molecule has 0 spiro atoms. The van der Waals surface area contributed by atoms with Crippen molar-refractivity contribution in [2.45, 2.75) is 0 Å². The molecule has 1 aromatic heterocycles. The average molecular weight is 294 g/mol. The Morgan fingerprint density at radius 1 is 1.67 bits per heavy atom. The van der Waals surface area contributed by atoms with Crippen LogP contribution in [0.1, 0.15) is 5.69 Å². The van der Waals surface area contributed by atoms with Crippen molar-refractivity contribution < 1.29 is 0 Å². The molecule has 0 amide bonds. The summed E-state index contributed by atoms with van der Waals surface area (Å²) in [5.74, 6) is 0. The molecule has 64 valence electrons. The minimum atomic E-state index is -0.117. The van der Waals surface area contributed by atoms with E-state index >= 15 is 0 Å². The lowest BCUT2D eigenvalue weighted by molar-refractivity contribution is 0.714. The highest BCUT2D eigenvalue weighted by Crippen LogP contribution is 2.02. The first-order valence-electron chi connectivity index (χ1n) is 3.16. The summed E-state index contributed by atoms with van der Waals surface area (Å²) in [6, 6.07) is 1.51. The molecule has 0 bridgehead atoms. The van der Waals surface area contributed by atoms with Crippen LogP contribution in [-0.4, -0.2) is 9.78 Å². The fourth-order valence-corrected chi connectivity index (χ4v) is 1.37. The first kappa shape index (κ1) is 9.67. The minimum absolute atomic E-state index is 0.117. The van der Waals surface area contributed by atoms with E-state index in [1.165, 1.54) is 6.07 Å². The summed E-state index contributed by atoms with van der Waals surface area (Å²) < 4.78 is 1.94. The highest BCUT2D eigenvalue weighted by molar-refractivity contribution is 9.11. The van der Waals surface area contributed by atoms with E-state index in [9.17, 15) is 4.79 Å². The van der Waals surface area contributed by atoms with Crippen molar-refractivity contribution >= 4 is 37.9 Å². The van der Waals surface area contributed by atoms with Crippen LogP contribution in [0.4, 0.5) is 0 Å². The van der Waals surface area contributed by atoms with Crippen molar-refractivity contribution in [3.63, 3.8) is 0 Å². The Morgan fingerprint density at radius 2 is 2.33 bits per heavy atom. The number of rotatable bonds is 1. The van der Waals surface area contributed by atoms with Gasteiger partial charge in [-0.3, -0.25) is 9.48 Å². The van der Waals surface area contributed by atoms with E-state index in [4.69, 9.17) is 0 Å². The molecule has 0 radical (unpaired) electrons. The van der Waals surface area contributed by atoms with E-state index in [1.54, 1.807) is 22.8 Å². The molecule has 0 saturated heterocycles. The lowest BCUT2D eigenvalue weighted by Crippen LogP contribution is -2.12. The van der Waals surface area contributed by atoms with Crippen molar-refractivity contribution in [3.05, 3.63) is 31.6 Å². The van der Waals surface area contributed by atoms with Gasteiger partial charge >= 0.3 is 0 Å². The SMILES string of the molecule is Cn1nc(Br)c(=O)cc1C=CBr. The molecule has 0 aliphatic carbocycles. The maximum atomic E-state index is 11.1. The number of aryl methyl sites for hydroxylation is 1. The molecule has 1 heterocycles. The van der Waals surface area contributed by atoms with Gasteiger partial charge in [-0.1, -0.05) is 15.9 Å². The maximum absolute atomic E-state index is 11.1. The Hall–Kier alpha value is -0.420. The Balaban J connectivity index is 3.33. The molecule has 0 fully saturated rings. The Bertz CT molecular complexity index is 370. The second-order valence-electron chi connectivity index (χ2n) is 2.14. The first-order valence-corrected chi connectivity index (χ1v) is 4.86. The van der Waals surface area contributed by atoms with Crippen LogP contribution in [0.2, 0.25) is 0 Å². The summed E-state index contributed by atoms with van der Waals surface area (Å²) in [5.41, 5.74) is 0.633. The molecule has 1 aromatic rings. The van der Waals surface area contributed by atoms with Crippen LogP contribution in [0.3, 0.4) is 0 Å². The number of hydrogen-bond acceptors (Lipinski definition) is 2. The second-order valence-corrected chi connectivity index (χ2v) is 3.42. The summed E-state index contributed by atoms with van der Waals surface area (Å²) >= 11 is 6.18. The van der Waals surface area contributed by atoms with Crippen molar-refractivity contribution in [1.29, 1.82) is 0 Å². The summed E-state index contributed by atoms with van der Waals surface area (Å²) in [6.45, 7) is 0. The summed E-state index contributed by atoms with van der Waals surface area (Å²) in [6.07, 6.45) is 1.75. The third kappa shape index (κ3) is 2.04. The smallest absolute Gasteiger partial charge is 0.215 e. The minimum Gasteiger partial charge on any atom is -0.287 e. The molecule has 12 heavy (non-hydrogen) atoms. The predicted molar refractivity (Wildman–Crippen MR) is 55.1 cm³/mol. The average Bonchev–Trinajstić information content (AvgIpc) is 2.01. The van der Waals surface area contributed by atoms with Gasteiger partial charge in [-0.25, -0.2) is 0 Å². The Morgan fingerprint density at radius 3 is 2.92 bits per heavy atom. The van der Waals surface area contributed by atoms with Crippen molar-refractivity contribution in [3.8, 4) is 0 Å². The standard InChI is InChI=1S/C7H6Br2N2O/c1-11-5(2-3-8)4-6(12)7(9)10-11/h2-4H,1H3. The van der Waals surface area contributed by atoms with Crippen molar-refractivity contribution in [2.75, 3.05) is 0 Å². The van der Waals surface area contributed by atoms with Crippen molar-refractivity contribution in [2.24, 2.45) is 7.05 Å². The van der Waals surface area contributed by atoms with Gasteiger partial charge < -0.3 is 0 Å². The molecule has 0 aromatic carbocycles. The lowest BCUT2D eigenvalue weighted by Gasteiger charge is -2.01. The summed E-state index contributed by atoms with van der Waals surface area (Å²) in [4.78, 5) is 12.8. The third-order valence-corrected chi connectivity index (χ3v) is 2.14. The largest absolute Gasteiger partial charge is 0.287 e. The van der Waals surface area contributed by atoms with Crippen LogP contribution in [-0.2, 0) is 7.05 Å². The predicted octanol–water partition coefficient (Wildman–Crippen LogP) is 1.91. The highest BCUT2D eigenvalue weighted by Gasteiger charge is 1.99. The zero-order valence-corrected chi connectivity index (χ0v) is 9.46. The van der Waals surface area contributed by atoms with Gasteiger partial charge in [-0.05, 0) is 27.0 Å². The van der Waals surface area contributed by atoms with Crippen LogP contribution >= 0.6 is 31.9 Å². The lowest BCUT2D eigenvalue weighted by atomic mass is 10.4. The van der Waals surface area contributed by atoms with Crippen LogP contribution in [0.15, 0.2) is 20.4 Å². The molecule has 0 aliphatic rings. The first-order chi connectivity index (χ1) is 5.65. The van der Waals surface area contributed by atoms with Gasteiger partial charge in [0.25, 0.3) is 0 Å². The number of halogens is 2. The zero-order valence-electron chi connectivity index (χ0n) is 6.29. The van der Waals surface area contributed by atoms with Gasteiger partial charge in [0.2, 0.25) is 5.43 Å². The van der Waals surface area contributed by atoms with E-state index in [2.05, 4.69) is 37.0 Å².